The second-order valence-electron chi connectivity index (χ2n) is 4.50. The Morgan fingerprint density at radius 2 is 2.08 bits per heavy atom. The van der Waals surface area contributed by atoms with Crippen molar-refractivity contribution in [3.8, 4) is 0 Å². The molecule has 4 atom stereocenters. The van der Waals surface area contributed by atoms with E-state index in [4.69, 9.17) is 0 Å². The molecule has 0 aromatic rings. The lowest BCUT2D eigenvalue weighted by molar-refractivity contribution is 0.271. The number of likely N-dealkylation sites (N-methyl/N-ethyl adjacent to an activating group) is 1. The first kappa shape index (κ1) is 9.22. The van der Waals surface area contributed by atoms with E-state index < -0.39 is 0 Å². The monoisotopic (exact) mass is 180 g/mol. The van der Waals surface area contributed by atoms with Crippen molar-refractivity contribution in [3.63, 3.8) is 0 Å². The maximum absolute atomic E-state index is 3.51. The number of hydrogen-bond donors (Lipinski definition) is 2. The zero-order valence-corrected chi connectivity index (χ0v) is 8.80. The normalized spacial score (nSPS) is 44.4. The summed E-state index contributed by atoms with van der Waals surface area (Å²) in [4.78, 5) is 0. The third-order valence-corrected chi connectivity index (χ3v) is 3.91. The number of allylic oxidation sites excluding steroid dienone is 1. The summed E-state index contributed by atoms with van der Waals surface area (Å²) in [6.45, 7) is 7.02. The summed E-state index contributed by atoms with van der Waals surface area (Å²) in [5.74, 6) is 2.43. The van der Waals surface area contributed by atoms with Gasteiger partial charge in [0.2, 0.25) is 0 Å². The fourth-order valence-electron chi connectivity index (χ4n) is 2.85. The molecule has 1 fully saturated rings. The highest BCUT2D eigenvalue weighted by Crippen LogP contribution is 2.36. The fourth-order valence-corrected chi connectivity index (χ4v) is 2.85. The van der Waals surface area contributed by atoms with Crippen LogP contribution in [0.1, 0.15) is 13.8 Å². The van der Waals surface area contributed by atoms with Gasteiger partial charge in [-0.15, -0.1) is 0 Å². The van der Waals surface area contributed by atoms with Gasteiger partial charge in [0.05, 0.1) is 0 Å². The Labute approximate surface area is 80.8 Å². The molecule has 1 saturated heterocycles. The van der Waals surface area contributed by atoms with Crippen molar-refractivity contribution in [2.24, 2.45) is 17.8 Å². The van der Waals surface area contributed by atoms with Crippen LogP contribution in [0.4, 0.5) is 0 Å². The van der Waals surface area contributed by atoms with Gasteiger partial charge in [0, 0.05) is 12.6 Å². The maximum Gasteiger partial charge on any atom is 0.0293 e. The maximum atomic E-state index is 3.51. The molecular weight excluding hydrogens is 160 g/mol. The number of rotatable bonds is 1. The van der Waals surface area contributed by atoms with E-state index in [0.29, 0.717) is 6.04 Å². The third kappa shape index (κ3) is 1.42. The quantitative estimate of drug-likeness (QED) is 0.588. The largest absolute Gasteiger partial charge is 0.316 e. The van der Waals surface area contributed by atoms with Crippen LogP contribution in [0.25, 0.3) is 0 Å². The lowest BCUT2D eigenvalue weighted by Crippen LogP contribution is -2.41. The summed E-state index contributed by atoms with van der Waals surface area (Å²) in [6, 6.07) is 0.594. The average molecular weight is 180 g/mol. The molecule has 0 radical (unpaired) electrons. The van der Waals surface area contributed by atoms with E-state index in [1.165, 1.54) is 13.1 Å². The molecule has 2 heteroatoms. The van der Waals surface area contributed by atoms with Crippen LogP contribution in [0.2, 0.25) is 0 Å². The van der Waals surface area contributed by atoms with E-state index in [2.05, 4.69) is 37.6 Å². The van der Waals surface area contributed by atoms with Crippen LogP contribution in [-0.2, 0) is 0 Å². The standard InChI is InChI=1S/C11H20N2/c1-7-4-11(12-3)10-6-13-5-9(10)8(7)2/h4,8-13H,5-6H2,1-3H3. The predicted molar refractivity (Wildman–Crippen MR) is 55.6 cm³/mol. The minimum Gasteiger partial charge on any atom is -0.316 e. The van der Waals surface area contributed by atoms with Crippen molar-refractivity contribution in [3.05, 3.63) is 11.6 Å². The summed E-state index contributed by atoms with van der Waals surface area (Å²) >= 11 is 0. The molecule has 0 saturated carbocycles. The zero-order valence-electron chi connectivity index (χ0n) is 8.80. The van der Waals surface area contributed by atoms with E-state index in [9.17, 15) is 0 Å². The molecule has 1 aliphatic carbocycles. The first-order chi connectivity index (χ1) is 6.24. The summed E-state index contributed by atoms with van der Waals surface area (Å²) in [6.07, 6.45) is 2.42. The molecule has 2 aliphatic rings. The van der Waals surface area contributed by atoms with Crippen LogP contribution in [-0.4, -0.2) is 26.2 Å². The minimum atomic E-state index is 0.594. The molecule has 2 nitrogen and oxygen atoms in total. The Hall–Kier alpha value is -0.340. The smallest absolute Gasteiger partial charge is 0.0293 e. The fraction of sp³-hybridized carbons (Fsp3) is 0.818. The van der Waals surface area contributed by atoms with Gasteiger partial charge >= 0.3 is 0 Å². The van der Waals surface area contributed by atoms with E-state index in [-0.39, 0.29) is 0 Å². The van der Waals surface area contributed by atoms with Gasteiger partial charge in [0.25, 0.3) is 0 Å². The van der Waals surface area contributed by atoms with Gasteiger partial charge in [-0.25, -0.2) is 0 Å². The van der Waals surface area contributed by atoms with Crippen LogP contribution in [0.3, 0.4) is 0 Å². The second-order valence-corrected chi connectivity index (χ2v) is 4.50. The van der Waals surface area contributed by atoms with Crippen molar-refractivity contribution in [1.82, 2.24) is 10.6 Å². The lowest BCUT2D eigenvalue weighted by atomic mass is 9.73. The molecule has 74 valence electrons. The van der Waals surface area contributed by atoms with Crippen molar-refractivity contribution < 1.29 is 0 Å². The van der Waals surface area contributed by atoms with Crippen LogP contribution >= 0.6 is 0 Å². The molecule has 0 amide bonds. The Kier molecular flexibility index (Phi) is 2.43. The second kappa shape index (κ2) is 3.43. The molecule has 2 rings (SSSR count). The van der Waals surface area contributed by atoms with E-state index in [0.717, 1.165) is 17.8 Å². The molecule has 0 bridgehead atoms. The van der Waals surface area contributed by atoms with Crippen molar-refractivity contribution in [2.45, 2.75) is 19.9 Å². The van der Waals surface area contributed by atoms with Gasteiger partial charge in [-0.2, -0.15) is 0 Å². The van der Waals surface area contributed by atoms with Crippen molar-refractivity contribution >= 4 is 0 Å². The number of hydrogen-bond acceptors (Lipinski definition) is 2. The van der Waals surface area contributed by atoms with E-state index in [1.54, 1.807) is 5.57 Å². The Bertz CT molecular complexity index is 222. The zero-order chi connectivity index (χ0) is 9.42. The predicted octanol–water partition coefficient (Wildman–Crippen LogP) is 1.01. The van der Waals surface area contributed by atoms with Gasteiger partial charge in [-0.1, -0.05) is 18.6 Å². The van der Waals surface area contributed by atoms with E-state index in [1.807, 2.05) is 0 Å². The van der Waals surface area contributed by atoms with Crippen LogP contribution in [0.15, 0.2) is 11.6 Å². The molecule has 1 heterocycles. The highest BCUT2D eigenvalue weighted by molar-refractivity contribution is 5.17. The van der Waals surface area contributed by atoms with Crippen LogP contribution in [0, 0.1) is 17.8 Å². The molecule has 0 aromatic carbocycles. The summed E-state index contributed by atoms with van der Waals surface area (Å²) in [5, 5.41) is 6.92. The molecule has 0 spiro atoms. The van der Waals surface area contributed by atoms with E-state index >= 15 is 0 Å². The molecular formula is C11H20N2. The Morgan fingerprint density at radius 1 is 1.38 bits per heavy atom. The van der Waals surface area contributed by atoms with Gasteiger partial charge in [0.1, 0.15) is 0 Å². The van der Waals surface area contributed by atoms with Crippen molar-refractivity contribution in [1.29, 1.82) is 0 Å². The third-order valence-electron chi connectivity index (χ3n) is 3.91. The average Bonchev–Trinajstić information content (AvgIpc) is 2.60. The molecule has 4 unspecified atom stereocenters. The minimum absolute atomic E-state index is 0.594. The van der Waals surface area contributed by atoms with Gasteiger partial charge in [0.15, 0.2) is 0 Å². The molecule has 0 aromatic heterocycles. The van der Waals surface area contributed by atoms with Gasteiger partial charge in [-0.3, -0.25) is 0 Å². The Balaban J connectivity index is 2.23. The highest BCUT2D eigenvalue weighted by atomic mass is 15.0. The summed E-state index contributed by atoms with van der Waals surface area (Å²) < 4.78 is 0. The Morgan fingerprint density at radius 3 is 2.77 bits per heavy atom. The van der Waals surface area contributed by atoms with Gasteiger partial charge in [-0.05, 0) is 38.3 Å². The first-order valence-electron chi connectivity index (χ1n) is 5.30. The summed E-state index contributed by atoms with van der Waals surface area (Å²) in [7, 11) is 2.07. The van der Waals surface area contributed by atoms with Crippen LogP contribution < -0.4 is 10.6 Å². The molecule has 13 heavy (non-hydrogen) atoms. The summed E-state index contributed by atoms with van der Waals surface area (Å²) in [5.41, 5.74) is 1.56. The topological polar surface area (TPSA) is 24.1 Å². The van der Waals surface area contributed by atoms with Crippen LogP contribution in [0.5, 0.6) is 0 Å². The molecule has 1 aliphatic heterocycles. The lowest BCUT2D eigenvalue weighted by Gasteiger charge is -2.35. The highest BCUT2D eigenvalue weighted by Gasteiger charge is 2.38. The van der Waals surface area contributed by atoms with Crippen molar-refractivity contribution in [2.75, 3.05) is 20.1 Å². The SMILES string of the molecule is CNC1C=C(C)C(C)C2CNCC12. The first-order valence-corrected chi connectivity index (χ1v) is 5.30. The van der Waals surface area contributed by atoms with Gasteiger partial charge < -0.3 is 10.6 Å². The number of fused-ring (bicyclic) bond motifs is 1. The molecule has 2 N–H and O–H groups in total. The number of nitrogens with one attached hydrogen (secondary N) is 2.